The first-order valence-electron chi connectivity index (χ1n) is 8.69. The van der Waals surface area contributed by atoms with Gasteiger partial charge in [-0.15, -0.1) is 22.7 Å². The molecule has 138 valence electrons. The van der Waals surface area contributed by atoms with E-state index in [-0.39, 0.29) is 5.56 Å². The predicted molar refractivity (Wildman–Crippen MR) is 115 cm³/mol. The molecule has 0 saturated carbocycles. The van der Waals surface area contributed by atoms with Crippen molar-refractivity contribution in [2.45, 2.75) is 6.54 Å². The number of hydrogen-bond acceptors (Lipinski definition) is 6. The quantitative estimate of drug-likeness (QED) is 0.431. The van der Waals surface area contributed by atoms with Crippen LogP contribution in [0.2, 0.25) is 0 Å². The van der Waals surface area contributed by atoms with E-state index in [0.29, 0.717) is 11.2 Å². The molecule has 0 spiro atoms. The number of thiazole rings is 1. The van der Waals surface area contributed by atoms with E-state index in [1.165, 1.54) is 11.3 Å². The molecule has 5 rings (SSSR count). The van der Waals surface area contributed by atoms with E-state index in [9.17, 15) is 4.79 Å². The van der Waals surface area contributed by atoms with Gasteiger partial charge in [-0.1, -0.05) is 12.1 Å². The summed E-state index contributed by atoms with van der Waals surface area (Å²) in [7, 11) is 1.65. The normalized spacial score (nSPS) is 11.3. The van der Waals surface area contributed by atoms with E-state index in [1.807, 2.05) is 54.6 Å². The van der Waals surface area contributed by atoms with E-state index in [4.69, 9.17) is 4.74 Å². The van der Waals surface area contributed by atoms with Crippen LogP contribution in [0.4, 0.5) is 0 Å². The summed E-state index contributed by atoms with van der Waals surface area (Å²) in [5, 5.41) is 0.899. The third kappa shape index (κ3) is 2.98. The third-order valence-electron chi connectivity index (χ3n) is 4.52. The monoisotopic (exact) mass is 405 g/mol. The summed E-state index contributed by atoms with van der Waals surface area (Å²) in [5.74, 6) is 0.807. The van der Waals surface area contributed by atoms with Crippen molar-refractivity contribution in [1.29, 1.82) is 0 Å². The van der Waals surface area contributed by atoms with Crippen molar-refractivity contribution in [2.75, 3.05) is 7.11 Å². The van der Waals surface area contributed by atoms with Crippen LogP contribution in [0.5, 0.6) is 5.75 Å². The Morgan fingerprint density at radius 2 is 1.86 bits per heavy atom. The molecule has 7 heteroatoms. The molecule has 3 heterocycles. The van der Waals surface area contributed by atoms with Gasteiger partial charge < -0.3 is 4.74 Å². The Morgan fingerprint density at radius 3 is 2.64 bits per heavy atom. The van der Waals surface area contributed by atoms with Crippen molar-refractivity contribution >= 4 is 43.1 Å². The average molecular weight is 406 g/mol. The Balaban J connectivity index is 1.52. The third-order valence-corrected chi connectivity index (χ3v) is 6.70. The molecular formula is C21H15N3O2S2. The fraction of sp³-hybridized carbons (Fsp3) is 0.0952. The number of fused-ring (bicyclic) bond motifs is 2. The standard InChI is InChI=1S/C21H15N3O2S2/c1-26-14-8-6-13(7-9-14)18-10-16-20(28-18)21(25)24(12-22-16)11-19-23-15-4-2-3-5-17(15)27-19/h2-10,12H,11H2,1H3. The molecular weight excluding hydrogens is 390 g/mol. The van der Waals surface area contributed by atoms with Gasteiger partial charge in [-0.3, -0.25) is 9.36 Å². The molecule has 0 aliphatic heterocycles. The van der Waals surface area contributed by atoms with Gasteiger partial charge in [0.25, 0.3) is 5.56 Å². The van der Waals surface area contributed by atoms with Gasteiger partial charge in [0.15, 0.2) is 0 Å². The van der Waals surface area contributed by atoms with Gasteiger partial charge in [0.2, 0.25) is 0 Å². The Labute approximate surface area is 168 Å². The summed E-state index contributed by atoms with van der Waals surface area (Å²) in [4.78, 5) is 23.1. The Hall–Kier alpha value is -3.03. The number of ether oxygens (including phenoxy) is 1. The fourth-order valence-corrected chi connectivity index (χ4v) is 5.12. The summed E-state index contributed by atoms with van der Waals surface area (Å²) in [6.45, 7) is 0.427. The van der Waals surface area contributed by atoms with Crippen molar-refractivity contribution in [1.82, 2.24) is 14.5 Å². The first-order chi connectivity index (χ1) is 13.7. The van der Waals surface area contributed by atoms with Crippen LogP contribution in [0.1, 0.15) is 5.01 Å². The van der Waals surface area contributed by atoms with Gasteiger partial charge in [-0.25, -0.2) is 9.97 Å². The zero-order valence-electron chi connectivity index (χ0n) is 15.0. The van der Waals surface area contributed by atoms with Crippen molar-refractivity contribution in [2.24, 2.45) is 0 Å². The van der Waals surface area contributed by atoms with Crippen molar-refractivity contribution in [3.05, 3.63) is 76.3 Å². The molecule has 0 unspecified atom stereocenters. The summed E-state index contributed by atoms with van der Waals surface area (Å²) in [6.07, 6.45) is 1.61. The number of hydrogen-bond donors (Lipinski definition) is 0. The fourth-order valence-electron chi connectivity index (χ4n) is 3.09. The molecule has 0 aliphatic rings. The molecule has 0 radical (unpaired) electrons. The van der Waals surface area contributed by atoms with Gasteiger partial charge in [-0.05, 0) is 48.0 Å². The maximum absolute atomic E-state index is 13.0. The minimum atomic E-state index is -0.0333. The van der Waals surface area contributed by atoms with Crippen LogP contribution >= 0.6 is 22.7 Å². The molecule has 28 heavy (non-hydrogen) atoms. The lowest BCUT2D eigenvalue weighted by Crippen LogP contribution is -2.20. The SMILES string of the molecule is COc1ccc(-c2cc3ncn(Cc4nc5ccccc5s4)c(=O)c3s2)cc1. The molecule has 0 amide bonds. The zero-order valence-corrected chi connectivity index (χ0v) is 16.6. The summed E-state index contributed by atoms with van der Waals surface area (Å²) in [6, 6.07) is 17.8. The van der Waals surface area contributed by atoms with Crippen LogP contribution in [0.3, 0.4) is 0 Å². The molecule has 0 saturated heterocycles. The highest BCUT2D eigenvalue weighted by atomic mass is 32.1. The second kappa shape index (κ2) is 6.85. The Kier molecular flexibility index (Phi) is 4.18. The zero-order chi connectivity index (χ0) is 19.1. The second-order valence-corrected chi connectivity index (χ2v) is 8.47. The van der Waals surface area contributed by atoms with Crippen LogP contribution in [0.15, 0.2) is 65.7 Å². The van der Waals surface area contributed by atoms with Gasteiger partial charge >= 0.3 is 0 Å². The van der Waals surface area contributed by atoms with Gasteiger partial charge in [0, 0.05) is 4.88 Å². The number of thiophene rings is 1. The smallest absolute Gasteiger partial charge is 0.271 e. The van der Waals surface area contributed by atoms with Crippen LogP contribution in [-0.4, -0.2) is 21.6 Å². The number of nitrogens with zero attached hydrogens (tertiary/aromatic N) is 3. The maximum atomic E-state index is 13.0. The molecule has 0 fully saturated rings. The number of rotatable bonds is 4. The van der Waals surface area contributed by atoms with Crippen LogP contribution in [-0.2, 0) is 6.54 Å². The van der Waals surface area contributed by atoms with E-state index < -0.39 is 0 Å². The molecule has 0 aliphatic carbocycles. The lowest BCUT2D eigenvalue weighted by Gasteiger charge is -2.01. The molecule has 3 aromatic heterocycles. The van der Waals surface area contributed by atoms with Gasteiger partial charge in [0.05, 0.1) is 35.7 Å². The predicted octanol–water partition coefficient (Wildman–Crippen LogP) is 4.79. The molecule has 0 bridgehead atoms. The molecule has 0 N–H and O–H groups in total. The van der Waals surface area contributed by atoms with E-state index in [1.54, 1.807) is 29.3 Å². The minimum absolute atomic E-state index is 0.0333. The number of benzene rings is 2. The Bertz CT molecular complexity index is 1320. The minimum Gasteiger partial charge on any atom is -0.497 e. The highest BCUT2D eigenvalue weighted by Gasteiger charge is 2.12. The first kappa shape index (κ1) is 17.1. The maximum Gasteiger partial charge on any atom is 0.271 e. The molecule has 5 nitrogen and oxygen atoms in total. The van der Waals surface area contributed by atoms with Gasteiger partial charge in [-0.2, -0.15) is 0 Å². The molecule has 5 aromatic rings. The summed E-state index contributed by atoms with van der Waals surface area (Å²) < 4.78 is 8.63. The highest BCUT2D eigenvalue weighted by Crippen LogP contribution is 2.32. The average Bonchev–Trinajstić information content (AvgIpc) is 3.34. The van der Waals surface area contributed by atoms with E-state index in [2.05, 4.69) is 9.97 Å². The summed E-state index contributed by atoms with van der Waals surface area (Å²) in [5.41, 5.74) is 2.69. The Morgan fingerprint density at radius 1 is 1.04 bits per heavy atom. The van der Waals surface area contributed by atoms with Crippen molar-refractivity contribution in [3.8, 4) is 16.2 Å². The van der Waals surface area contributed by atoms with Crippen molar-refractivity contribution in [3.63, 3.8) is 0 Å². The van der Waals surface area contributed by atoms with E-state index in [0.717, 1.165) is 36.9 Å². The summed E-state index contributed by atoms with van der Waals surface area (Å²) >= 11 is 3.07. The molecule has 2 aromatic carbocycles. The lowest BCUT2D eigenvalue weighted by atomic mass is 10.2. The van der Waals surface area contributed by atoms with Crippen LogP contribution in [0.25, 0.3) is 30.9 Å². The number of para-hydroxylation sites is 1. The lowest BCUT2D eigenvalue weighted by molar-refractivity contribution is 0.415. The van der Waals surface area contributed by atoms with Crippen molar-refractivity contribution < 1.29 is 4.74 Å². The molecule has 0 atom stereocenters. The number of methoxy groups -OCH3 is 1. The largest absolute Gasteiger partial charge is 0.497 e. The second-order valence-electron chi connectivity index (χ2n) is 6.31. The first-order valence-corrected chi connectivity index (χ1v) is 10.3. The van der Waals surface area contributed by atoms with Gasteiger partial charge in [0.1, 0.15) is 15.5 Å². The highest BCUT2D eigenvalue weighted by molar-refractivity contribution is 7.22. The van der Waals surface area contributed by atoms with E-state index >= 15 is 0 Å². The number of aromatic nitrogens is 3. The van der Waals surface area contributed by atoms with Crippen LogP contribution in [0, 0.1) is 0 Å². The topological polar surface area (TPSA) is 57.0 Å². The van der Waals surface area contributed by atoms with Crippen LogP contribution < -0.4 is 10.3 Å².